The van der Waals surface area contributed by atoms with Crippen LogP contribution in [-0.4, -0.2) is 42.2 Å². The summed E-state index contributed by atoms with van der Waals surface area (Å²) in [5, 5.41) is 9.19. The Balaban J connectivity index is 2.33. The molecule has 0 radical (unpaired) electrons. The summed E-state index contributed by atoms with van der Waals surface area (Å²) in [7, 11) is 1.36. The van der Waals surface area contributed by atoms with Crippen LogP contribution in [0, 0.1) is 0 Å². The monoisotopic (exact) mass is 376 g/mol. The first-order chi connectivity index (χ1) is 12.4. The summed E-state index contributed by atoms with van der Waals surface area (Å²) in [6.07, 6.45) is 0. The van der Waals surface area contributed by atoms with Gasteiger partial charge in [0.05, 0.1) is 18.7 Å². The Bertz CT molecular complexity index is 730. The van der Waals surface area contributed by atoms with Gasteiger partial charge in [-0.3, -0.25) is 0 Å². The minimum atomic E-state index is -0.406. The number of thiocarbonyl (C=S) groups is 1. The lowest BCUT2D eigenvalue weighted by Crippen LogP contribution is -2.47. The Kier molecular flexibility index (Phi) is 6.57. The average molecular weight is 376 g/mol. The summed E-state index contributed by atoms with van der Waals surface area (Å²) in [6, 6.07) is 6.59. The fraction of sp³-hybridized carbons (Fsp3) is 0.389. The summed E-state index contributed by atoms with van der Waals surface area (Å²) < 4.78 is 4.97. The van der Waals surface area contributed by atoms with Crippen molar-refractivity contribution in [2.75, 3.05) is 25.5 Å². The van der Waals surface area contributed by atoms with Gasteiger partial charge in [0.25, 0.3) is 0 Å². The number of ether oxygens (including phenoxy) is 1. The third-order valence-electron chi connectivity index (χ3n) is 4.16. The molecule has 1 aromatic carbocycles. The summed E-state index contributed by atoms with van der Waals surface area (Å²) in [6.45, 7) is 6.88. The number of esters is 1. The molecule has 0 aromatic heterocycles. The van der Waals surface area contributed by atoms with Crippen LogP contribution < -0.4 is 16.0 Å². The number of nitrogens with one attached hydrogen (secondary N) is 3. The molecule has 2 rings (SSSR count). The van der Waals surface area contributed by atoms with Crippen LogP contribution in [0.4, 0.5) is 10.5 Å². The van der Waals surface area contributed by atoms with E-state index in [1.807, 2.05) is 37.8 Å². The van der Waals surface area contributed by atoms with Gasteiger partial charge in [0.1, 0.15) is 0 Å². The van der Waals surface area contributed by atoms with E-state index < -0.39 is 12.0 Å². The fourth-order valence-electron chi connectivity index (χ4n) is 2.88. The Morgan fingerprint density at radius 3 is 2.46 bits per heavy atom. The van der Waals surface area contributed by atoms with E-state index >= 15 is 0 Å². The number of hydrogen-bond donors (Lipinski definition) is 3. The van der Waals surface area contributed by atoms with Crippen LogP contribution in [0.3, 0.4) is 0 Å². The van der Waals surface area contributed by atoms with Gasteiger partial charge in [-0.1, -0.05) is 12.1 Å². The number of methoxy groups -OCH3 is 1. The molecule has 1 aliphatic rings. The maximum Gasteiger partial charge on any atom is 0.337 e. The number of rotatable bonds is 5. The van der Waals surface area contributed by atoms with E-state index in [4.69, 9.17) is 17.0 Å². The molecule has 0 saturated carbocycles. The van der Waals surface area contributed by atoms with E-state index in [0.29, 0.717) is 29.5 Å². The number of urea groups is 1. The fourth-order valence-corrected chi connectivity index (χ4v) is 3.27. The average Bonchev–Trinajstić information content (AvgIpc) is 2.62. The molecule has 1 aromatic rings. The molecule has 0 bridgehead atoms. The van der Waals surface area contributed by atoms with Crippen molar-refractivity contribution in [1.82, 2.24) is 15.5 Å². The van der Waals surface area contributed by atoms with Crippen molar-refractivity contribution >= 4 is 35.0 Å². The summed E-state index contributed by atoms with van der Waals surface area (Å²) >= 11 is 5.43. The summed E-state index contributed by atoms with van der Waals surface area (Å²) in [5.41, 5.74) is 2.81. The lowest BCUT2D eigenvalue weighted by atomic mass is 9.95. The first-order valence-electron chi connectivity index (χ1n) is 8.44. The van der Waals surface area contributed by atoms with E-state index in [0.717, 1.165) is 11.3 Å². The number of carbonyl (C=O) groups is 2. The minimum Gasteiger partial charge on any atom is -0.466 e. The van der Waals surface area contributed by atoms with Gasteiger partial charge >= 0.3 is 12.0 Å². The second-order valence-corrected chi connectivity index (χ2v) is 6.11. The zero-order chi connectivity index (χ0) is 19.3. The van der Waals surface area contributed by atoms with E-state index in [1.165, 1.54) is 7.11 Å². The van der Waals surface area contributed by atoms with Crippen LogP contribution in [-0.2, 0) is 9.53 Å². The van der Waals surface area contributed by atoms with Crippen LogP contribution in [0.2, 0.25) is 0 Å². The molecule has 1 atom stereocenters. The van der Waals surface area contributed by atoms with Gasteiger partial charge in [0.2, 0.25) is 0 Å². The molecule has 0 unspecified atom stereocenters. The minimum absolute atomic E-state index is 0.262. The highest BCUT2D eigenvalue weighted by Crippen LogP contribution is 2.31. The van der Waals surface area contributed by atoms with Gasteiger partial charge in [-0.05, 0) is 50.7 Å². The van der Waals surface area contributed by atoms with Crippen molar-refractivity contribution in [2.24, 2.45) is 0 Å². The maximum atomic E-state index is 12.4. The third kappa shape index (κ3) is 4.13. The van der Waals surface area contributed by atoms with E-state index in [-0.39, 0.29) is 6.03 Å². The predicted octanol–water partition coefficient (Wildman–Crippen LogP) is 2.53. The number of anilines is 1. The number of allylic oxidation sites excluding steroid dienone is 1. The molecule has 26 heavy (non-hydrogen) atoms. The normalized spacial score (nSPS) is 16.8. The molecule has 0 aliphatic carbocycles. The van der Waals surface area contributed by atoms with Gasteiger partial charge in [-0.25, -0.2) is 9.59 Å². The second kappa shape index (κ2) is 8.66. The SMILES string of the molecule is CCNC(=O)Nc1ccc([C@@H]2NC(=S)N(CC)C(C)=C2C(=O)OC)cc1. The molecule has 0 saturated heterocycles. The molecule has 1 heterocycles. The Hall–Kier alpha value is -2.61. The third-order valence-corrected chi connectivity index (χ3v) is 4.50. The number of benzene rings is 1. The second-order valence-electron chi connectivity index (χ2n) is 5.72. The molecular weight excluding hydrogens is 352 g/mol. The van der Waals surface area contributed by atoms with Crippen LogP contribution >= 0.6 is 12.2 Å². The molecule has 8 heteroatoms. The van der Waals surface area contributed by atoms with E-state index in [9.17, 15) is 9.59 Å². The quantitative estimate of drug-likeness (QED) is 0.541. The highest BCUT2D eigenvalue weighted by Gasteiger charge is 2.33. The maximum absolute atomic E-state index is 12.4. The topological polar surface area (TPSA) is 82.7 Å². The van der Waals surface area contributed by atoms with Crippen molar-refractivity contribution < 1.29 is 14.3 Å². The highest BCUT2D eigenvalue weighted by molar-refractivity contribution is 7.80. The lowest BCUT2D eigenvalue weighted by Gasteiger charge is -2.36. The van der Waals surface area contributed by atoms with Gasteiger partial charge in [-0.2, -0.15) is 0 Å². The summed E-state index contributed by atoms with van der Waals surface area (Å²) in [4.78, 5) is 25.8. The van der Waals surface area contributed by atoms with Crippen molar-refractivity contribution in [3.05, 3.63) is 41.1 Å². The molecule has 2 amide bonds. The van der Waals surface area contributed by atoms with Gasteiger partial charge in [0.15, 0.2) is 5.11 Å². The van der Waals surface area contributed by atoms with Crippen LogP contribution in [0.15, 0.2) is 35.5 Å². The molecule has 140 valence electrons. The van der Waals surface area contributed by atoms with Crippen LogP contribution in [0.25, 0.3) is 0 Å². The number of amides is 2. The van der Waals surface area contributed by atoms with Gasteiger partial charge < -0.3 is 25.6 Å². The number of hydrogen-bond acceptors (Lipinski definition) is 4. The Labute approximate surface area is 158 Å². The van der Waals surface area contributed by atoms with Crippen LogP contribution in [0.5, 0.6) is 0 Å². The van der Waals surface area contributed by atoms with E-state index in [1.54, 1.807) is 12.1 Å². The first kappa shape index (κ1) is 19.7. The van der Waals surface area contributed by atoms with Gasteiger partial charge in [0, 0.05) is 24.5 Å². The molecule has 0 spiro atoms. The zero-order valence-corrected chi connectivity index (χ0v) is 16.2. The van der Waals surface area contributed by atoms with Crippen molar-refractivity contribution in [3.63, 3.8) is 0 Å². The highest BCUT2D eigenvalue weighted by atomic mass is 32.1. The first-order valence-corrected chi connectivity index (χ1v) is 8.85. The Morgan fingerprint density at radius 1 is 1.27 bits per heavy atom. The number of carbonyl (C=O) groups excluding carboxylic acids is 2. The molecular formula is C18H24N4O3S. The van der Waals surface area contributed by atoms with Crippen molar-refractivity contribution in [3.8, 4) is 0 Å². The smallest absolute Gasteiger partial charge is 0.337 e. The predicted molar refractivity (Wildman–Crippen MR) is 105 cm³/mol. The molecule has 3 N–H and O–H groups in total. The molecule has 0 fully saturated rings. The largest absolute Gasteiger partial charge is 0.466 e. The zero-order valence-electron chi connectivity index (χ0n) is 15.4. The van der Waals surface area contributed by atoms with E-state index in [2.05, 4.69) is 16.0 Å². The lowest BCUT2D eigenvalue weighted by molar-refractivity contribution is -0.136. The van der Waals surface area contributed by atoms with Crippen LogP contribution in [0.1, 0.15) is 32.4 Å². The standard InChI is InChI=1S/C18H24N4O3S/c1-5-19-17(24)20-13-9-7-12(8-10-13)15-14(16(23)25-4)11(3)22(6-2)18(26)21-15/h7-10,15H,5-6H2,1-4H3,(H,21,26)(H2,19,20,24)/t15-/m0/s1. The molecule has 7 nitrogen and oxygen atoms in total. The molecule has 1 aliphatic heterocycles. The van der Waals surface area contributed by atoms with Crippen molar-refractivity contribution in [1.29, 1.82) is 0 Å². The summed E-state index contributed by atoms with van der Waals surface area (Å²) in [5.74, 6) is -0.398. The van der Waals surface area contributed by atoms with Crippen molar-refractivity contribution in [2.45, 2.75) is 26.8 Å². The van der Waals surface area contributed by atoms with Gasteiger partial charge in [-0.15, -0.1) is 0 Å². The number of nitrogens with zero attached hydrogens (tertiary/aromatic N) is 1. The Morgan fingerprint density at radius 2 is 1.92 bits per heavy atom.